The van der Waals surface area contributed by atoms with Crippen LogP contribution >= 0.6 is 0 Å². The highest BCUT2D eigenvalue weighted by Gasteiger charge is 2.37. The number of methoxy groups -OCH3 is 1. The topological polar surface area (TPSA) is 26.3 Å². The van der Waals surface area contributed by atoms with Crippen molar-refractivity contribution in [3.8, 4) is 0 Å². The lowest BCUT2D eigenvalue weighted by molar-refractivity contribution is -0.0547. The molecule has 0 heterocycles. The monoisotopic (exact) mass is 282 g/mol. The lowest BCUT2D eigenvalue weighted by atomic mass is 9.75. The zero-order valence-electron chi connectivity index (χ0n) is 11.9. The standard InChI is InChI=1S/C16H20F2O2/c1-16(17,18)12-9-7-11(8-10-12)13-5-3-4-6-14(13)15(19)20-2/h3-6,11-12H,7-10H2,1-2H3. The first-order valence-corrected chi connectivity index (χ1v) is 6.98. The molecule has 1 aliphatic rings. The number of hydrogen-bond donors (Lipinski definition) is 0. The number of esters is 1. The van der Waals surface area contributed by atoms with E-state index in [1.54, 1.807) is 12.1 Å². The van der Waals surface area contributed by atoms with Crippen LogP contribution in [0.2, 0.25) is 0 Å². The fraction of sp³-hybridized carbons (Fsp3) is 0.562. The zero-order chi connectivity index (χ0) is 14.8. The van der Waals surface area contributed by atoms with Crippen LogP contribution in [0.25, 0.3) is 0 Å². The van der Waals surface area contributed by atoms with Gasteiger partial charge in [0.1, 0.15) is 0 Å². The average Bonchev–Trinajstić information content (AvgIpc) is 2.45. The van der Waals surface area contributed by atoms with Gasteiger partial charge in [-0.15, -0.1) is 0 Å². The summed E-state index contributed by atoms with van der Waals surface area (Å²) in [4.78, 5) is 11.8. The molecule has 2 rings (SSSR count). The van der Waals surface area contributed by atoms with Crippen molar-refractivity contribution in [3.05, 3.63) is 35.4 Å². The van der Waals surface area contributed by atoms with E-state index in [0.29, 0.717) is 31.2 Å². The van der Waals surface area contributed by atoms with Crippen molar-refractivity contribution in [2.75, 3.05) is 7.11 Å². The minimum atomic E-state index is -2.60. The first-order chi connectivity index (χ1) is 9.43. The second-order valence-corrected chi connectivity index (χ2v) is 5.58. The van der Waals surface area contributed by atoms with Crippen LogP contribution in [0.4, 0.5) is 8.78 Å². The van der Waals surface area contributed by atoms with Gasteiger partial charge >= 0.3 is 5.97 Å². The Morgan fingerprint density at radius 2 is 1.80 bits per heavy atom. The quantitative estimate of drug-likeness (QED) is 0.768. The van der Waals surface area contributed by atoms with Gasteiger partial charge in [0.05, 0.1) is 12.7 Å². The molecule has 0 aliphatic heterocycles. The molecule has 0 spiro atoms. The van der Waals surface area contributed by atoms with Gasteiger partial charge in [0.25, 0.3) is 0 Å². The molecule has 0 saturated heterocycles. The molecule has 2 nitrogen and oxygen atoms in total. The molecule has 0 amide bonds. The lowest BCUT2D eigenvalue weighted by Crippen LogP contribution is -2.28. The van der Waals surface area contributed by atoms with E-state index in [-0.39, 0.29) is 11.9 Å². The maximum absolute atomic E-state index is 13.3. The molecule has 0 unspecified atom stereocenters. The first kappa shape index (κ1) is 14.9. The number of rotatable bonds is 3. The number of alkyl halides is 2. The van der Waals surface area contributed by atoms with E-state index >= 15 is 0 Å². The number of benzene rings is 1. The summed E-state index contributed by atoms with van der Waals surface area (Å²) in [5, 5.41) is 0. The van der Waals surface area contributed by atoms with Gasteiger partial charge in [-0.25, -0.2) is 13.6 Å². The van der Waals surface area contributed by atoms with Crippen LogP contribution in [-0.4, -0.2) is 19.0 Å². The van der Waals surface area contributed by atoms with Crippen LogP contribution in [0.1, 0.15) is 54.4 Å². The molecule has 0 N–H and O–H groups in total. The third-order valence-corrected chi connectivity index (χ3v) is 4.25. The molecule has 20 heavy (non-hydrogen) atoms. The summed E-state index contributed by atoms with van der Waals surface area (Å²) in [7, 11) is 1.35. The molecule has 1 saturated carbocycles. The molecule has 0 bridgehead atoms. The molecular weight excluding hydrogens is 262 g/mol. The minimum Gasteiger partial charge on any atom is -0.465 e. The highest BCUT2D eigenvalue weighted by Crippen LogP contribution is 2.42. The molecule has 4 heteroatoms. The number of carbonyl (C=O) groups is 1. The second kappa shape index (κ2) is 5.90. The first-order valence-electron chi connectivity index (χ1n) is 6.98. The van der Waals surface area contributed by atoms with Crippen LogP contribution in [-0.2, 0) is 4.74 Å². The van der Waals surface area contributed by atoms with Crippen LogP contribution in [0, 0.1) is 5.92 Å². The van der Waals surface area contributed by atoms with E-state index in [1.165, 1.54) is 7.11 Å². The summed E-state index contributed by atoms with van der Waals surface area (Å²) >= 11 is 0. The normalized spacial score (nSPS) is 23.4. The summed E-state index contributed by atoms with van der Waals surface area (Å²) in [6.45, 7) is 1.00. The van der Waals surface area contributed by atoms with E-state index in [1.807, 2.05) is 12.1 Å². The van der Waals surface area contributed by atoms with E-state index in [0.717, 1.165) is 12.5 Å². The van der Waals surface area contributed by atoms with Crippen molar-refractivity contribution in [1.82, 2.24) is 0 Å². The van der Waals surface area contributed by atoms with Gasteiger partial charge in [-0.1, -0.05) is 18.2 Å². The smallest absolute Gasteiger partial charge is 0.338 e. The van der Waals surface area contributed by atoms with E-state index < -0.39 is 11.8 Å². The minimum absolute atomic E-state index is 0.170. The van der Waals surface area contributed by atoms with Crippen LogP contribution in [0.5, 0.6) is 0 Å². The Labute approximate surface area is 118 Å². The Kier molecular flexibility index (Phi) is 4.41. The number of ether oxygens (including phenoxy) is 1. The van der Waals surface area contributed by atoms with Crippen molar-refractivity contribution >= 4 is 5.97 Å². The predicted molar refractivity (Wildman–Crippen MR) is 73.1 cm³/mol. The molecule has 0 atom stereocenters. The van der Waals surface area contributed by atoms with Crippen LogP contribution < -0.4 is 0 Å². The van der Waals surface area contributed by atoms with Crippen LogP contribution in [0.15, 0.2) is 24.3 Å². The Hall–Kier alpha value is -1.45. The number of hydrogen-bond acceptors (Lipinski definition) is 2. The Bertz CT molecular complexity index is 472. The van der Waals surface area contributed by atoms with Crippen molar-refractivity contribution in [3.63, 3.8) is 0 Å². The average molecular weight is 282 g/mol. The van der Waals surface area contributed by atoms with Gasteiger partial charge in [-0.3, -0.25) is 0 Å². The number of carbonyl (C=O) groups excluding carboxylic acids is 1. The molecule has 1 fully saturated rings. The lowest BCUT2D eigenvalue weighted by Gasteiger charge is -2.32. The Balaban J connectivity index is 2.13. The van der Waals surface area contributed by atoms with E-state index in [9.17, 15) is 13.6 Å². The SMILES string of the molecule is COC(=O)c1ccccc1C1CCC(C(C)(F)F)CC1. The maximum Gasteiger partial charge on any atom is 0.338 e. The van der Waals surface area contributed by atoms with Crippen molar-refractivity contribution in [2.24, 2.45) is 5.92 Å². The third-order valence-electron chi connectivity index (χ3n) is 4.25. The molecule has 1 aromatic rings. The van der Waals surface area contributed by atoms with E-state index in [4.69, 9.17) is 4.74 Å². The van der Waals surface area contributed by atoms with Gasteiger partial charge in [0.2, 0.25) is 5.92 Å². The fourth-order valence-corrected chi connectivity index (χ4v) is 3.06. The summed E-state index contributed by atoms with van der Waals surface area (Å²) in [5.41, 5.74) is 1.49. The Morgan fingerprint density at radius 1 is 1.20 bits per heavy atom. The molecule has 0 radical (unpaired) electrons. The van der Waals surface area contributed by atoms with Gasteiger partial charge in [0, 0.05) is 5.92 Å². The van der Waals surface area contributed by atoms with Crippen molar-refractivity contribution < 1.29 is 18.3 Å². The molecule has 110 valence electrons. The Morgan fingerprint density at radius 3 is 2.35 bits per heavy atom. The molecule has 1 aromatic carbocycles. The van der Waals surface area contributed by atoms with Crippen molar-refractivity contribution in [2.45, 2.75) is 44.4 Å². The number of halogens is 2. The highest BCUT2D eigenvalue weighted by atomic mass is 19.3. The van der Waals surface area contributed by atoms with Crippen molar-refractivity contribution in [1.29, 1.82) is 0 Å². The zero-order valence-corrected chi connectivity index (χ0v) is 11.9. The van der Waals surface area contributed by atoms with Gasteiger partial charge in [0.15, 0.2) is 0 Å². The fourth-order valence-electron chi connectivity index (χ4n) is 3.06. The summed E-state index contributed by atoms with van der Waals surface area (Å²) in [6, 6.07) is 7.31. The summed E-state index contributed by atoms with van der Waals surface area (Å²) in [6.07, 6.45) is 2.40. The molecule has 0 aromatic heterocycles. The molecule has 1 aliphatic carbocycles. The summed E-state index contributed by atoms with van der Waals surface area (Å²) in [5.74, 6) is -3.33. The molecular formula is C16H20F2O2. The summed E-state index contributed by atoms with van der Waals surface area (Å²) < 4.78 is 31.4. The van der Waals surface area contributed by atoms with Gasteiger partial charge in [-0.05, 0) is 50.2 Å². The van der Waals surface area contributed by atoms with Gasteiger partial charge < -0.3 is 4.74 Å². The largest absolute Gasteiger partial charge is 0.465 e. The van der Waals surface area contributed by atoms with Crippen LogP contribution in [0.3, 0.4) is 0 Å². The second-order valence-electron chi connectivity index (χ2n) is 5.58. The third kappa shape index (κ3) is 3.17. The van der Waals surface area contributed by atoms with Gasteiger partial charge in [-0.2, -0.15) is 0 Å². The maximum atomic E-state index is 13.3. The predicted octanol–water partition coefficient (Wildman–Crippen LogP) is 4.40. The van der Waals surface area contributed by atoms with E-state index in [2.05, 4.69) is 0 Å². The highest BCUT2D eigenvalue weighted by molar-refractivity contribution is 5.91.